The summed E-state index contributed by atoms with van der Waals surface area (Å²) < 4.78 is 32.1. The number of benzene rings is 1. The van der Waals surface area contributed by atoms with Gasteiger partial charge in [-0.05, 0) is 26.8 Å². The fourth-order valence-corrected chi connectivity index (χ4v) is 3.58. The lowest BCUT2D eigenvalue weighted by atomic mass is 10.2. The average molecular weight is 319 g/mol. The first-order chi connectivity index (χ1) is 9.20. The van der Waals surface area contributed by atoms with Gasteiger partial charge in [-0.15, -0.1) is 0 Å². The summed E-state index contributed by atoms with van der Waals surface area (Å²) in [5.41, 5.74) is 0.363. The van der Waals surface area contributed by atoms with Crippen LogP contribution >= 0.6 is 11.6 Å². The highest BCUT2D eigenvalue weighted by Gasteiger charge is 2.28. The van der Waals surface area contributed by atoms with E-state index in [0.29, 0.717) is 5.69 Å². The molecule has 1 unspecified atom stereocenters. The van der Waals surface area contributed by atoms with E-state index in [2.05, 4.69) is 10.0 Å². The zero-order valence-electron chi connectivity index (χ0n) is 11.2. The third kappa shape index (κ3) is 2.89. The Morgan fingerprint density at radius 3 is 2.65 bits per heavy atom. The van der Waals surface area contributed by atoms with Crippen molar-refractivity contribution < 1.29 is 17.9 Å². The maximum absolute atomic E-state index is 12.2. The number of sulfonamides is 1. The number of carbonyl (C=O) groups excluding carboxylic acids is 1. The molecule has 0 bridgehead atoms. The molecule has 2 rings (SSSR count). The summed E-state index contributed by atoms with van der Waals surface area (Å²) in [6.45, 7) is 5.00. The molecule has 1 aliphatic heterocycles. The zero-order valence-corrected chi connectivity index (χ0v) is 12.8. The Kier molecular flexibility index (Phi) is 3.95. The molecule has 0 aliphatic carbocycles. The first-order valence-electron chi connectivity index (χ1n) is 6.04. The molecule has 2 N–H and O–H groups in total. The summed E-state index contributed by atoms with van der Waals surface area (Å²) in [6, 6.07) is 2.43. The second-order valence-corrected chi connectivity index (χ2v) is 6.89. The molecule has 1 atom stereocenters. The van der Waals surface area contributed by atoms with Gasteiger partial charge in [0.1, 0.15) is 10.6 Å². The minimum absolute atomic E-state index is 0.0235. The smallest absolute Gasteiger partial charge is 0.265 e. The summed E-state index contributed by atoms with van der Waals surface area (Å²) in [7, 11) is -3.73. The fourth-order valence-electron chi connectivity index (χ4n) is 1.79. The number of nitrogens with one attached hydrogen (secondary N) is 2. The lowest BCUT2D eigenvalue weighted by molar-refractivity contribution is -0.122. The van der Waals surface area contributed by atoms with E-state index in [4.69, 9.17) is 16.3 Å². The van der Waals surface area contributed by atoms with Gasteiger partial charge < -0.3 is 10.1 Å². The van der Waals surface area contributed by atoms with Crippen LogP contribution in [-0.2, 0) is 14.8 Å². The van der Waals surface area contributed by atoms with Crippen LogP contribution in [0.1, 0.15) is 20.8 Å². The number of amides is 1. The van der Waals surface area contributed by atoms with Gasteiger partial charge in [-0.3, -0.25) is 4.79 Å². The van der Waals surface area contributed by atoms with Crippen molar-refractivity contribution in [2.45, 2.75) is 37.8 Å². The third-order valence-electron chi connectivity index (χ3n) is 2.65. The largest absolute Gasteiger partial charge is 0.479 e. The number of hydrogen-bond donors (Lipinski definition) is 2. The molecule has 8 heteroatoms. The number of ether oxygens (including phenoxy) is 1. The molecule has 6 nitrogen and oxygen atoms in total. The van der Waals surface area contributed by atoms with E-state index in [1.54, 1.807) is 20.8 Å². The van der Waals surface area contributed by atoms with Gasteiger partial charge in [0.05, 0.1) is 10.7 Å². The SMILES string of the molecule is CC(C)NS(=O)(=O)c1cc2c(cc1Cl)NC(=O)C(C)O2. The van der Waals surface area contributed by atoms with Crippen LogP contribution < -0.4 is 14.8 Å². The Bertz CT molecular complexity index is 658. The van der Waals surface area contributed by atoms with E-state index in [-0.39, 0.29) is 27.6 Å². The molecule has 0 saturated carbocycles. The Morgan fingerprint density at radius 1 is 1.40 bits per heavy atom. The summed E-state index contributed by atoms with van der Waals surface area (Å²) >= 11 is 5.99. The van der Waals surface area contributed by atoms with Gasteiger partial charge >= 0.3 is 0 Å². The van der Waals surface area contributed by atoms with E-state index in [1.165, 1.54) is 12.1 Å². The van der Waals surface area contributed by atoms with Crippen molar-refractivity contribution in [2.75, 3.05) is 5.32 Å². The molecular weight excluding hydrogens is 304 g/mol. The summed E-state index contributed by atoms with van der Waals surface area (Å²) in [5, 5.41) is 2.63. The van der Waals surface area contributed by atoms with Crippen molar-refractivity contribution in [2.24, 2.45) is 0 Å². The predicted octanol–water partition coefficient (Wildman–Crippen LogP) is 1.75. The first kappa shape index (κ1) is 15.1. The standard InChI is InChI=1S/C12H15ClN2O4S/c1-6(2)15-20(17,18)11-5-10-9(4-8(11)13)14-12(16)7(3)19-10/h4-7,15H,1-3H3,(H,14,16). The first-order valence-corrected chi connectivity index (χ1v) is 7.90. The van der Waals surface area contributed by atoms with E-state index >= 15 is 0 Å². The second kappa shape index (κ2) is 5.23. The number of carbonyl (C=O) groups is 1. The molecular formula is C12H15ClN2O4S. The molecule has 0 fully saturated rings. The van der Waals surface area contributed by atoms with E-state index in [9.17, 15) is 13.2 Å². The number of halogens is 1. The van der Waals surface area contributed by atoms with Crippen molar-refractivity contribution in [1.29, 1.82) is 0 Å². The Morgan fingerprint density at radius 2 is 2.05 bits per heavy atom. The molecule has 0 aromatic heterocycles. The summed E-state index contributed by atoms with van der Waals surface area (Å²) in [4.78, 5) is 11.4. The maximum Gasteiger partial charge on any atom is 0.265 e. The van der Waals surface area contributed by atoms with Crippen LogP contribution in [0.3, 0.4) is 0 Å². The molecule has 110 valence electrons. The molecule has 1 amide bonds. The van der Waals surface area contributed by atoms with E-state index < -0.39 is 16.1 Å². The molecule has 20 heavy (non-hydrogen) atoms. The van der Waals surface area contributed by atoms with Crippen molar-refractivity contribution in [3.8, 4) is 5.75 Å². The van der Waals surface area contributed by atoms with Gasteiger partial charge in [0.15, 0.2) is 6.10 Å². The van der Waals surface area contributed by atoms with Crippen LogP contribution in [0.25, 0.3) is 0 Å². The Labute approximate surface area is 122 Å². The van der Waals surface area contributed by atoms with Crippen molar-refractivity contribution in [1.82, 2.24) is 4.72 Å². The molecule has 1 aromatic carbocycles. The van der Waals surface area contributed by atoms with Gasteiger partial charge in [0.25, 0.3) is 5.91 Å². The molecule has 1 heterocycles. The van der Waals surface area contributed by atoms with Crippen LogP contribution in [0.15, 0.2) is 17.0 Å². The van der Waals surface area contributed by atoms with Gasteiger partial charge in [-0.2, -0.15) is 0 Å². The van der Waals surface area contributed by atoms with Gasteiger partial charge in [-0.25, -0.2) is 13.1 Å². The van der Waals surface area contributed by atoms with Crippen molar-refractivity contribution in [3.05, 3.63) is 17.2 Å². The van der Waals surface area contributed by atoms with Gasteiger partial charge in [0, 0.05) is 12.1 Å². The highest BCUT2D eigenvalue weighted by molar-refractivity contribution is 7.89. The lowest BCUT2D eigenvalue weighted by Gasteiger charge is -2.24. The Balaban J connectivity index is 2.48. The third-order valence-corrected chi connectivity index (χ3v) is 4.77. The highest BCUT2D eigenvalue weighted by Crippen LogP contribution is 2.36. The molecule has 0 radical (unpaired) electrons. The average Bonchev–Trinajstić information content (AvgIpc) is 2.28. The van der Waals surface area contributed by atoms with Crippen molar-refractivity contribution in [3.63, 3.8) is 0 Å². The van der Waals surface area contributed by atoms with Crippen LogP contribution in [0.2, 0.25) is 5.02 Å². The minimum Gasteiger partial charge on any atom is -0.479 e. The quantitative estimate of drug-likeness (QED) is 0.889. The summed E-state index contributed by atoms with van der Waals surface area (Å²) in [5.74, 6) is -0.0184. The highest BCUT2D eigenvalue weighted by atomic mass is 35.5. The van der Waals surface area contributed by atoms with E-state index in [0.717, 1.165) is 0 Å². The van der Waals surface area contributed by atoms with Gasteiger partial charge in [0.2, 0.25) is 10.0 Å². The molecule has 1 aliphatic rings. The van der Waals surface area contributed by atoms with E-state index in [1.807, 2.05) is 0 Å². The Hall–Kier alpha value is -1.31. The summed E-state index contributed by atoms with van der Waals surface area (Å²) in [6.07, 6.45) is -0.683. The molecule has 0 spiro atoms. The van der Waals surface area contributed by atoms with Crippen molar-refractivity contribution >= 4 is 33.2 Å². The lowest BCUT2D eigenvalue weighted by Crippen LogP contribution is -2.35. The molecule has 1 aromatic rings. The number of fused-ring (bicyclic) bond motifs is 1. The fraction of sp³-hybridized carbons (Fsp3) is 0.417. The van der Waals surface area contributed by atoms with Crippen LogP contribution in [0, 0.1) is 0 Å². The van der Waals surface area contributed by atoms with Crippen LogP contribution in [0.4, 0.5) is 5.69 Å². The van der Waals surface area contributed by atoms with Crippen LogP contribution in [-0.4, -0.2) is 26.5 Å². The second-order valence-electron chi connectivity index (χ2n) is 4.80. The zero-order chi connectivity index (χ0) is 15.1. The molecule has 0 saturated heterocycles. The number of anilines is 1. The topological polar surface area (TPSA) is 84.5 Å². The number of rotatable bonds is 3. The predicted molar refractivity (Wildman–Crippen MR) is 75.6 cm³/mol. The monoisotopic (exact) mass is 318 g/mol. The normalized spacial score (nSPS) is 18.4. The minimum atomic E-state index is -3.73. The van der Waals surface area contributed by atoms with Crippen LogP contribution in [0.5, 0.6) is 5.75 Å². The maximum atomic E-state index is 12.2. The van der Waals surface area contributed by atoms with Gasteiger partial charge in [-0.1, -0.05) is 11.6 Å². The number of hydrogen-bond acceptors (Lipinski definition) is 4.